The Morgan fingerprint density at radius 2 is 1.82 bits per heavy atom. The minimum Gasteiger partial charge on any atom is -0.378 e. The van der Waals surface area contributed by atoms with Gasteiger partial charge in [0.05, 0.1) is 5.69 Å². The van der Waals surface area contributed by atoms with Crippen LogP contribution in [0.25, 0.3) is 0 Å². The topological polar surface area (TPSA) is 73.8 Å². The Morgan fingerprint density at radius 3 is 2.43 bits per heavy atom. The lowest BCUT2D eigenvalue weighted by molar-refractivity contribution is -0.122. The lowest BCUT2D eigenvalue weighted by Gasteiger charge is -2.11. The van der Waals surface area contributed by atoms with Crippen LogP contribution < -0.4 is 15.5 Å². The minimum atomic E-state index is -0.547. The zero-order valence-electron chi connectivity index (χ0n) is 15.2. The first-order valence-electron chi connectivity index (χ1n) is 8.40. The third-order valence-electron chi connectivity index (χ3n) is 3.89. The van der Waals surface area contributed by atoms with Gasteiger partial charge in [-0.2, -0.15) is 0 Å². The number of halogens is 2. The zero-order valence-corrected chi connectivity index (χ0v) is 17.5. The maximum absolute atomic E-state index is 12.3. The summed E-state index contributed by atoms with van der Waals surface area (Å²) in [5.74, 6) is -0.546. The highest BCUT2D eigenvalue weighted by Gasteiger charge is 2.32. The van der Waals surface area contributed by atoms with Crippen molar-refractivity contribution >= 4 is 69.0 Å². The number of anilines is 2. The third-order valence-corrected chi connectivity index (χ3v) is 5.41. The first-order valence-corrected chi connectivity index (χ1v) is 10.0. The van der Waals surface area contributed by atoms with Gasteiger partial charge in [-0.05, 0) is 42.5 Å². The van der Waals surface area contributed by atoms with Crippen molar-refractivity contribution in [3.8, 4) is 0 Å². The average Bonchev–Trinajstić information content (AvgIpc) is 2.93. The van der Waals surface area contributed by atoms with E-state index in [9.17, 15) is 9.59 Å². The lowest BCUT2D eigenvalue weighted by atomic mass is 10.2. The number of nitrogens with one attached hydrogen (secondary N) is 2. The van der Waals surface area contributed by atoms with Gasteiger partial charge in [-0.1, -0.05) is 35.0 Å². The van der Waals surface area contributed by atoms with Crippen LogP contribution in [-0.4, -0.2) is 36.3 Å². The van der Waals surface area contributed by atoms with Gasteiger partial charge in [0.25, 0.3) is 0 Å². The van der Waals surface area contributed by atoms with E-state index in [0.29, 0.717) is 20.9 Å². The summed E-state index contributed by atoms with van der Waals surface area (Å²) in [5.41, 5.74) is 2.27. The number of carbonyl (C=O) groups is 2. The summed E-state index contributed by atoms with van der Waals surface area (Å²) in [6.45, 7) is 0. The second-order valence-corrected chi connectivity index (χ2v) is 8.40. The summed E-state index contributed by atoms with van der Waals surface area (Å²) in [6.07, 6.45) is 0.0131. The summed E-state index contributed by atoms with van der Waals surface area (Å²) in [6, 6.07) is 12.4. The molecule has 1 aliphatic rings. The quantitative estimate of drug-likeness (QED) is 0.732. The maximum Gasteiger partial charge on any atom is 0.240 e. The van der Waals surface area contributed by atoms with Crippen LogP contribution >= 0.6 is 35.0 Å². The summed E-state index contributed by atoms with van der Waals surface area (Å²) in [5, 5.41) is 6.20. The Kier molecular flexibility index (Phi) is 6.49. The molecule has 1 fully saturated rings. The molecular formula is C19H18Cl2N4O2S. The summed E-state index contributed by atoms with van der Waals surface area (Å²) >= 11 is 13.1. The van der Waals surface area contributed by atoms with E-state index in [2.05, 4.69) is 15.6 Å². The standard InChI is InChI=1S/C19H18Cl2N4O2S/c1-25(2)15-5-3-13(4-6-15)23-19-24-18(27)16(28-19)10-17(26)22-14-8-11(20)7-12(21)9-14/h3-9,16H,10H2,1-2H3,(H,22,26)(H,23,24,27). The van der Waals surface area contributed by atoms with Crippen LogP contribution in [0.1, 0.15) is 6.42 Å². The molecule has 1 heterocycles. The fourth-order valence-corrected chi connectivity index (χ4v) is 4.06. The fourth-order valence-electron chi connectivity index (χ4n) is 2.54. The van der Waals surface area contributed by atoms with Gasteiger partial charge in [0, 0.05) is 41.9 Å². The van der Waals surface area contributed by atoms with E-state index in [1.54, 1.807) is 18.2 Å². The van der Waals surface area contributed by atoms with E-state index < -0.39 is 5.25 Å². The number of amides is 2. The van der Waals surface area contributed by atoms with Crippen LogP contribution in [-0.2, 0) is 9.59 Å². The number of nitrogens with zero attached hydrogens (tertiary/aromatic N) is 2. The van der Waals surface area contributed by atoms with Crippen molar-refractivity contribution in [1.29, 1.82) is 0 Å². The monoisotopic (exact) mass is 436 g/mol. The molecule has 2 amide bonds. The van der Waals surface area contributed by atoms with E-state index in [-0.39, 0.29) is 18.2 Å². The predicted octanol–water partition coefficient (Wildman–Crippen LogP) is 4.31. The van der Waals surface area contributed by atoms with Crippen molar-refractivity contribution < 1.29 is 9.59 Å². The van der Waals surface area contributed by atoms with E-state index in [4.69, 9.17) is 23.2 Å². The predicted molar refractivity (Wildman–Crippen MR) is 117 cm³/mol. The highest BCUT2D eigenvalue weighted by atomic mass is 35.5. The van der Waals surface area contributed by atoms with Crippen molar-refractivity contribution in [3.63, 3.8) is 0 Å². The van der Waals surface area contributed by atoms with Crippen LogP contribution in [0.4, 0.5) is 17.1 Å². The van der Waals surface area contributed by atoms with E-state index in [1.807, 2.05) is 43.3 Å². The largest absolute Gasteiger partial charge is 0.378 e. The van der Waals surface area contributed by atoms with Crippen molar-refractivity contribution in [2.45, 2.75) is 11.7 Å². The summed E-state index contributed by atoms with van der Waals surface area (Å²) < 4.78 is 0. The normalized spacial score (nSPS) is 17.5. The van der Waals surface area contributed by atoms with Gasteiger partial charge < -0.3 is 15.5 Å². The van der Waals surface area contributed by atoms with Crippen molar-refractivity contribution in [2.24, 2.45) is 4.99 Å². The van der Waals surface area contributed by atoms with Gasteiger partial charge in [-0.25, -0.2) is 4.99 Å². The number of amidine groups is 1. The number of thioether (sulfide) groups is 1. The van der Waals surface area contributed by atoms with Crippen LogP contribution in [0.5, 0.6) is 0 Å². The molecule has 0 bridgehead atoms. The van der Waals surface area contributed by atoms with Crippen LogP contribution in [0.2, 0.25) is 10.0 Å². The van der Waals surface area contributed by atoms with Crippen LogP contribution in [0.15, 0.2) is 47.5 Å². The highest BCUT2D eigenvalue weighted by Crippen LogP contribution is 2.27. The first-order chi connectivity index (χ1) is 13.3. The Labute approximate surface area is 177 Å². The SMILES string of the molecule is CN(C)c1ccc(N=C2NC(=O)C(CC(=O)Nc3cc(Cl)cc(Cl)c3)S2)cc1. The molecule has 0 spiro atoms. The van der Waals surface area contributed by atoms with Gasteiger partial charge in [0.2, 0.25) is 11.8 Å². The number of carbonyl (C=O) groups excluding carboxylic acids is 2. The Morgan fingerprint density at radius 1 is 1.18 bits per heavy atom. The number of hydrogen-bond acceptors (Lipinski definition) is 5. The molecule has 1 saturated heterocycles. The molecule has 0 saturated carbocycles. The average molecular weight is 437 g/mol. The summed E-state index contributed by atoms with van der Waals surface area (Å²) in [4.78, 5) is 30.9. The molecule has 0 aliphatic carbocycles. The molecule has 9 heteroatoms. The molecule has 0 aromatic heterocycles. The van der Waals surface area contributed by atoms with Crippen molar-refractivity contribution in [2.75, 3.05) is 24.3 Å². The molecule has 2 aromatic carbocycles. The van der Waals surface area contributed by atoms with Crippen molar-refractivity contribution in [3.05, 3.63) is 52.5 Å². The molecule has 2 aromatic rings. The third kappa shape index (κ3) is 5.41. The maximum atomic E-state index is 12.3. The highest BCUT2D eigenvalue weighted by molar-refractivity contribution is 8.15. The van der Waals surface area contributed by atoms with E-state index in [0.717, 1.165) is 11.4 Å². The van der Waals surface area contributed by atoms with Gasteiger partial charge in [-0.3, -0.25) is 9.59 Å². The van der Waals surface area contributed by atoms with Gasteiger partial charge >= 0.3 is 0 Å². The second-order valence-electron chi connectivity index (χ2n) is 6.33. The molecule has 3 rings (SSSR count). The Hall–Kier alpha value is -2.22. The van der Waals surface area contributed by atoms with Crippen LogP contribution in [0.3, 0.4) is 0 Å². The van der Waals surface area contributed by atoms with E-state index >= 15 is 0 Å². The molecule has 2 N–H and O–H groups in total. The number of benzene rings is 2. The molecular weight excluding hydrogens is 419 g/mol. The number of rotatable bonds is 5. The summed E-state index contributed by atoms with van der Waals surface area (Å²) in [7, 11) is 3.92. The Bertz CT molecular complexity index is 912. The molecule has 28 heavy (non-hydrogen) atoms. The van der Waals surface area contributed by atoms with Crippen LogP contribution in [0, 0.1) is 0 Å². The second kappa shape index (κ2) is 8.86. The fraction of sp³-hybridized carbons (Fsp3) is 0.211. The molecule has 146 valence electrons. The first kappa shape index (κ1) is 20.5. The lowest BCUT2D eigenvalue weighted by Crippen LogP contribution is -2.28. The van der Waals surface area contributed by atoms with Crippen molar-refractivity contribution in [1.82, 2.24) is 5.32 Å². The van der Waals surface area contributed by atoms with Gasteiger partial charge in [0.1, 0.15) is 5.25 Å². The smallest absolute Gasteiger partial charge is 0.240 e. The molecule has 0 radical (unpaired) electrons. The molecule has 6 nitrogen and oxygen atoms in total. The molecule has 1 atom stereocenters. The minimum absolute atomic E-state index is 0.0131. The van der Waals surface area contributed by atoms with Gasteiger partial charge in [0.15, 0.2) is 5.17 Å². The zero-order chi connectivity index (χ0) is 20.3. The van der Waals surface area contributed by atoms with Gasteiger partial charge in [-0.15, -0.1) is 0 Å². The van der Waals surface area contributed by atoms with E-state index in [1.165, 1.54) is 11.8 Å². The number of hydrogen-bond donors (Lipinski definition) is 2. The molecule has 1 unspecified atom stereocenters. The number of aliphatic imine (C=N–C) groups is 1. The molecule has 1 aliphatic heterocycles. The Balaban J connectivity index is 1.61.